The molecule has 5 heteroatoms. The van der Waals surface area contributed by atoms with Crippen molar-refractivity contribution < 1.29 is 20.4 Å². The minimum atomic E-state index is -1.46. The van der Waals surface area contributed by atoms with Gasteiger partial charge in [0.1, 0.15) is 24.4 Å². The van der Waals surface area contributed by atoms with Crippen molar-refractivity contribution in [2.24, 2.45) is 0 Å². The van der Waals surface area contributed by atoms with E-state index in [1.165, 1.54) is 0 Å². The number of pyridine rings is 1. The van der Waals surface area contributed by atoms with E-state index in [-0.39, 0.29) is 0 Å². The van der Waals surface area contributed by atoms with Gasteiger partial charge in [-0.25, -0.2) is 4.98 Å². The van der Waals surface area contributed by atoms with E-state index < -0.39 is 24.4 Å². The highest BCUT2D eigenvalue weighted by molar-refractivity contribution is 6.08. The van der Waals surface area contributed by atoms with Gasteiger partial charge in [0.2, 0.25) is 0 Å². The fourth-order valence-corrected chi connectivity index (χ4v) is 3.97. The molecule has 1 aromatic heterocycles. The predicted molar refractivity (Wildman–Crippen MR) is 98.7 cm³/mol. The van der Waals surface area contributed by atoms with Gasteiger partial charge >= 0.3 is 0 Å². The van der Waals surface area contributed by atoms with E-state index in [1.54, 1.807) is 6.07 Å². The molecule has 0 aliphatic heterocycles. The number of hydrogen-bond donors (Lipinski definition) is 4. The van der Waals surface area contributed by atoms with E-state index in [4.69, 9.17) is 4.98 Å². The molecule has 0 saturated heterocycles. The van der Waals surface area contributed by atoms with E-state index in [1.807, 2.05) is 48.5 Å². The highest BCUT2D eigenvalue weighted by atomic mass is 16.4. The minimum absolute atomic E-state index is 0.377. The molecule has 1 aliphatic carbocycles. The summed E-state index contributed by atoms with van der Waals surface area (Å²) >= 11 is 0. The first-order chi connectivity index (χ1) is 12.6. The molecule has 0 fully saturated rings. The zero-order valence-corrected chi connectivity index (χ0v) is 13.7. The first-order valence-electron chi connectivity index (χ1n) is 8.53. The molecule has 0 saturated carbocycles. The van der Waals surface area contributed by atoms with Gasteiger partial charge in [-0.15, -0.1) is 0 Å². The van der Waals surface area contributed by atoms with Gasteiger partial charge in [0, 0.05) is 21.7 Å². The quantitative estimate of drug-likeness (QED) is 0.289. The lowest BCUT2D eigenvalue weighted by atomic mass is 9.82. The molecule has 5 rings (SSSR count). The summed E-state index contributed by atoms with van der Waals surface area (Å²) in [5, 5.41) is 44.8. The molecule has 0 radical (unpaired) electrons. The SMILES string of the molecule is O[C@@H]1[C@H](O)[C@@H](O)c2ccc3cc4ccc5ccccc5c4nc3c2[C@@H]1O. The second-order valence-electron chi connectivity index (χ2n) is 6.86. The van der Waals surface area contributed by atoms with Crippen molar-refractivity contribution >= 4 is 32.6 Å². The van der Waals surface area contributed by atoms with E-state index in [0.717, 1.165) is 27.1 Å². The van der Waals surface area contributed by atoms with Crippen molar-refractivity contribution in [3.8, 4) is 0 Å². The second-order valence-corrected chi connectivity index (χ2v) is 6.86. The summed E-state index contributed by atoms with van der Waals surface area (Å²) in [6.07, 6.45) is -5.48. The van der Waals surface area contributed by atoms with Crippen molar-refractivity contribution in [2.45, 2.75) is 24.4 Å². The van der Waals surface area contributed by atoms with E-state index in [2.05, 4.69) is 0 Å². The first-order valence-corrected chi connectivity index (χ1v) is 8.53. The maximum atomic E-state index is 10.5. The van der Waals surface area contributed by atoms with Crippen LogP contribution in [0, 0.1) is 0 Å². The Morgan fingerprint density at radius 2 is 1.31 bits per heavy atom. The number of aliphatic hydroxyl groups excluding tert-OH is 4. The highest BCUT2D eigenvalue weighted by Gasteiger charge is 2.40. The number of nitrogens with zero attached hydrogens (tertiary/aromatic N) is 1. The fourth-order valence-electron chi connectivity index (χ4n) is 3.97. The number of aliphatic hydroxyl groups is 4. The molecular weight excluding hydrogens is 330 g/mol. The molecular formula is C21H17NO4. The maximum Gasteiger partial charge on any atom is 0.113 e. The molecule has 0 amide bonds. The standard InChI is InChI=1S/C21H17NO4/c23-18-14-8-7-12-9-11-6-5-10-3-1-2-4-13(10)16(11)22-17(12)15(14)19(24)21(26)20(18)25/h1-9,18-21,23-26H/t18-,19-,20+,21-/m0/s1. The Hall–Kier alpha value is -2.57. The van der Waals surface area contributed by atoms with Crippen molar-refractivity contribution in [1.82, 2.24) is 4.98 Å². The average Bonchev–Trinajstić information content (AvgIpc) is 2.68. The monoisotopic (exact) mass is 347 g/mol. The van der Waals surface area contributed by atoms with Crippen LogP contribution in [0.5, 0.6) is 0 Å². The average molecular weight is 347 g/mol. The number of benzene rings is 3. The lowest BCUT2D eigenvalue weighted by Crippen LogP contribution is -2.41. The molecule has 5 nitrogen and oxygen atoms in total. The summed E-state index contributed by atoms with van der Waals surface area (Å²) in [7, 11) is 0. The Balaban J connectivity index is 1.91. The zero-order valence-electron chi connectivity index (χ0n) is 13.7. The largest absolute Gasteiger partial charge is 0.387 e. The third-order valence-corrected chi connectivity index (χ3v) is 5.36. The zero-order chi connectivity index (χ0) is 18.0. The molecule has 0 spiro atoms. The van der Waals surface area contributed by atoms with Crippen molar-refractivity contribution in [2.75, 3.05) is 0 Å². The Morgan fingerprint density at radius 1 is 0.654 bits per heavy atom. The van der Waals surface area contributed by atoms with Gasteiger partial charge in [-0.05, 0) is 17.0 Å². The first kappa shape index (κ1) is 15.7. The Kier molecular flexibility index (Phi) is 3.29. The molecule has 4 N–H and O–H groups in total. The Bertz CT molecular complexity index is 1170. The molecule has 4 aromatic rings. The summed E-state index contributed by atoms with van der Waals surface area (Å²) in [6.45, 7) is 0. The Labute approximate surface area is 148 Å². The molecule has 130 valence electrons. The third kappa shape index (κ3) is 2.03. The van der Waals surface area contributed by atoms with Gasteiger partial charge in [-0.2, -0.15) is 0 Å². The van der Waals surface area contributed by atoms with Crippen LogP contribution in [-0.2, 0) is 0 Å². The van der Waals surface area contributed by atoms with E-state index in [9.17, 15) is 20.4 Å². The summed E-state index contributed by atoms with van der Waals surface area (Å²) < 4.78 is 0. The van der Waals surface area contributed by atoms with E-state index >= 15 is 0 Å². The highest BCUT2D eigenvalue weighted by Crippen LogP contribution is 2.41. The molecule has 1 heterocycles. The van der Waals surface area contributed by atoms with Gasteiger partial charge in [0.25, 0.3) is 0 Å². The molecule has 1 aliphatic rings. The molecule has 4 atom stereocenters. The van der Waals surface area contributed by atoms with Crippen LogP contribution in [0.15, 0.2) is 54.6 Å². The van der Waals surface area contributed by atoms with Gasteiger partial charge in [-0.1, -0.05) is 48.5 Å². The topological polar surface area (TPSA) is 93.8 Å². The molecule has 0 bridgehead atoms. The number of hydrogen-bond acceptors (Lipinski definition) is 5. The molecule has 26 heavy (non-hydrogen) atoms. The van der Waals surface area contributed by atoms with E-state index in [0.29, 0.717) is 16.6 Å². The van der Waals surface area contributed by atoms with Crippen molar-refractivity contribution in [3.05, 3.63) is 65.7 Å². The molecule has 3 aromatic carbocycles. The maximum absolute atomic E-state index is 10.5. The van der Waals surface area contributed by atoms with Crippen LogP contribution in [0.3, 0.4) is 0 Å². The minimum Gasteiger partial charge on any atom is -0.387 e. The van der Waals surface area contributed by atoms with Crippen LogP contribution in [-0.4, -0.2) is 37.6 Å². The fraction of sp³-hybridized carbons (Fsp3) is 0.190. The molecule has 0 unspecified atom stereocenters. The number of rotatable bonds is 0. The summed E-state index contributed by atoms with van der Waals surface area (Å²) in [6, 6.07) is 17.5. The van der Waals surface area contributed by atoms with Gasteiger partial charge in [0.05, 0.1) is 11.0 Å². The van der Waals surface area contributed by atoms with Crippen LogP contribution in [0.1, 0.15) is 23.3 Å². The predicted octanol–water partition coefficient (Wildman–Crippen LogP) is 2.34. The van der Waals surface area contributed by atoms with Crippen LogP contribution in [0.2, 0.25) is 0 Å². The summed E-state index contributed by atoms with van der Waals surface area (Å²) in [5.41, 5.74) is 2.10. The van der Waals surface area contributed by atoms with Gasteiger partial charge < -0.3 is 20.4 Å². The lowest BCUT2D eigenvalue weighted by Gasteiger charge is -2.35. The third-order valence-electron chi connectivity index (χ3n) is 5.36. The smallest absolute Gasteiger partial charge is 0.113 e. The summed E-state index contributed by atoms with van der Waals surface area (Å²) in [4.78, 5) is 4.80. The Morgan fingerprint density at radius 3 is 2.15 bits per heavy atom. The van der Waals surface area contributed by atoms with Crippen molar-refractivity contribution in [1.29, 1.82) is 0 Å². The number of fused-ring (bicyclic) bond motifs is 6. The second kappa shape index (κ2) is 5.46. The van der Waals surface area contributed by atoms with Crippen molar-refractivity contribution in [3.63, 3.8) is 0 Å². The van der Waals surface area contributed by atoms with Gasteiger partial charge in [0.15, 0.2) is 0 Å². The van der Waals surface area contributed by atoms with Crippen LogP contribution >= 0.6 is 0 Å². The van der Waals surface area contributed by atoms with Crippen LogP contribution in [0.4, 0.5) is 0 Å². The number of aromatic nitrogens is 1. The van der Waals surface area contributed by atoms with Crippen LogP contribution in [0.25, 0.3) is 32.6 Å². The van der Waals surface area contributed by atoms with Crippen LogP contribution < -0.4 is 0 Å². The lowest BCUT2D eigenvalue weighted by molar-refractivity contribution is -0.119. The normalized spacial score (nSPS) is 25.7. The van der Waals surface area contributed by atoms with Gasteiger partial charge in [-0.3, -0.25) is 0 Å². The summed E-state index contributed by atoms with van der Waals surface area (Å²) in [5.74, 6) is 0.